The van der Waals surface area contributed by atoms with Gasteiger partial charge in [-0.2, -0.15) is 5.26 Å². The third-order valence-corrected chi connectivity index (χ3v) is 2.95. The zero-order valence-corrected chi connectivity index (χ0v) is 9.90. The van der Waals surface area contributed by atoms with Crippen molar-refractivity contribution in [2.24, 2.45) is 5.92 Å². The van der Waals surface area contributed by atoms with Gasteiger partial charge in [0.1, 0.15) is 17.6 Å². The third-order valence-electron chi connectivity index (χ3n) is 2.95. The van der Waals surface area contributed by atoms with E-state index in [2.05, 4.69) is 11.4 Å². The maximum absolute atomic E-state index is 8.99. The van der Waals surface area contributed by atoms with Crippen molar-refractivity contribution in [2.45, 2.75) is 6.42 Å². The van der Waals surface area contributed by atoms with Gasteiger partial charge in [0, 0.05) is 18.5 Å². The first-order chi connectivity index (χ1) is 8.33. The van der Waals surface area contributed by atoms with Crippen molar-refractivity contribution in [2.75, 3.05) is 26.8 Å². The minimum absolute atomic E-state index is 0.535. The molecule has 90 valence electrons. The summed E-state index contributed by atoms with van der Waals surface area (Å²) < 4.78 is 10.8. The molecule has 4 nitrogen and oxygen atoms in total. The predicted octanol–water partition coefficient (Wildman–Crippen LogP) is 1.56. The molecule has 1 heterocycles. The number of hydrogen-bond donors (Lipinski definition) is 1. The molecule has 17 heavy (non-hydrogen) atoms. The van der Waals surface area contributed by atoms with Gasteiger partial charge >= 0.3 is 0 Å². The fourth-order valence-electron chi connectivity index (χ4n) is 1.91. The average molecular weight is 232 g/mol. The average Bonchev–Trinajstić information content (AvgIpc) is 2.89. The molecule has 0 aliphatic carbocycles. The minimum Gasteiger partial charge on any atom is -0.497 e. The molecule has 1 aliphatic heterocycles. The van der Waals surface area contributed by atoms with Crippen LogP contribution in [0.5, 0.6) is 11.5 Å². The maximum atomic E-state index is 8.99. The van der Waals surface area contributed by atoms with Crippen LogP contribution >= 0.6 is 0 Å². The summed E-state index contributed by atoms with van der Waals surface area (Å²) in [5.41, 5.74) is 0.553. The molecule has 1 unspecified atom stereocenters. The van der Waals surface area contributed by atoms with Crippen LogP contribution in [0.2, 0.25) is 0 Å². The summed E-state index contributed by atoms with van der Waals surface area (Å²) in [6.07, 6.45) is 1.13. The highest BCUT2D eigenvalue weighted by atomic mass is 16.5. The van der Waals surface area contributed by atoms with Gasteiger partial charge in [0.05, 0.1) is 19.3 Å². The standard InChI is InChI=1S/C13H16N2O2/c1-16-12-3-2-11(7-14)13(6-12)17-9-10-4-5-15-8-10/h2-3,6,10,15H,4-5,8-9H2,1H3. The second-order valence-electron chi connectivity index (χ2n) is 4.14. The maximum Gasteiger partial charge on any atom is 0.140 e. The number of ether oxygens (including phenoxy) is 2. The van der Waals surface area contributed by atoms with E-state index in [9.17, 15) is 0 Å². The molecule has 1 fully saturated rings. The van der Waals surface area contributed by atoms with Crippen molar-refractivity contribution in [1.29, 1.82) is 5.26 Å². The van der Waals surface area contributed by atoms with E-state index >= 15 is 0 Å². The number of benzene rings is 1. The zero-order valence-electron chi connectivity index (χ0n) is 9.90. The first-order valence-electron chi connectivity index (χ1n) is 5.75. The summed E-state index contributed by atoms with van der Waals surface area (Å²) in [5, 5.41) is 12.3. The Labute approximate surface area is 101 Å². The van der Waals surface area contributed by atoms with Gasteiger partial charge in [-0.1, -0.05) is 0 Å². The van der Waals surface area contributed by atoms with Gasteiger partial charge in [-0.05, 0) is 25.1 Å². The van der Waals surface area contributed by atoms with Crippen molar-refractivity contribution in [3.8, 4) is 17.6 Å². The molecule has 0 spiro atoms. The molecule has 1 N–H and O–H groups in total. The van der Waals surface area contributed by atoms with E-state index in [1.165, 1.54) is 0 Å². The number of nitrogens with one attached hydrogen (secondary N) is 1. The summed E-state index contributed by atoms with van der Waals surface area (Å²) in [6.45, 7) is 2.69. The van der Waals surface area contributed by atoms with Crippen LogP contribution in [0, 0.1) is 17.2 Å². The molecular weight excluding hydrogens is 216 g/mol. The number of nitriles is 1. The Hall–Kier alpha value is -1.73. The normalized spacial score (nSPS) is 18.7. The Bertz CT molecular complexity index is 420. The van der Waals surface area contributed by atoms with Crippen molar-refractivity contribution in [3.63, 3.8) is 0 Å². The Morgan fingerprint density at radius 2 is 2.41 bits per heavy atom. The topological polar surface area (TPSA) is 54.3 Å². The zero-order chi connectivity index (χ0) is 12.1. The Morgan fingerprint density at radius 1 is 1.53 bits per heavy atom. The van der Waals surface area contributed by atoms with Crippen LogP contribution in [0.25, 0.3) is 0 Å². The summed E-state index contributed by atoms with van der Waals surface area (Å²) in [5.74, 6) is 1.86. The fraction of sp³-hybridized carbons (Fsp3) is 0.462. The van der Waals surface area contributed by atoms with Crippen LogP contribution in [0.3, 0.4) is 0 Å². The summed E-state index contributed by atoms with van der Waals surface area (Å²) in [4.78, 5) is 0. The molecular formula is C13H16N2O2. The van der Waals surface area contributed by atoms with Crippen molar-refractivity contribution in [1.82, 2.24) is 5.32 Å². The first-order valence-corrected chi connectivity index (χ1v) is 5.75. The molecule has 0 amide bonds. The van der Waals surface area contributed by atoms with Crippen LogP contribution in [-0.2, 0) is 0 Å². The molecule has 1 aromatic rings. The van der Waals surface area contributed by atoms with E-state index in [4.69, 9.17) is 14.7 Å². The lowest BCUT2D eigenvalue weighted by atomic mass is 10.1. The van der Waals surface area contributed by atoms with Crippen molar-refractivity contribution in [3.05, 3.63) is 23.8 Å². The lowest BCUT2D eigenvalue weighted by Gasteiger charge is -2.12. The van der Waals surface area contributed by atoms with Gasteiger partial charge in [-0.3, -0.25) is 0 Å². The number of hydrogen-bond acceptors (Lipinski definition) is 4. The highest BCUT2D eigenvalue weighted by Gasteiger charge is 2.16. The molecule has 0 aromatic heterocycles. The van der Waals surface area contributed by atoms with Crippen LogP contribution in [-0.4, -0.2) is 26.8 Å². The second kappa shape index (κ2) is 5.55. The number of methoxy groups -OCH3 is 1. The summed E-state index contributed by atoms with van der Waals surface area (Å²) in [6, 6.07) is 7.38. The van der Waals surface area contributed by atoms with Crippen LogP contribution in [0.1, 0.15) is 12.0 Å². The number of nitrogens with zero attached hydrogens (tertiary/aromatic N) is 1. The van der Waals surface area contributed by atoms with Crippen LogP contribution < -0.4 is 14.8 Å². The van der Waals surface area contributed by atoms with Crippen LogP contribution in [0.4, 0.5) is 0 Å². The smallest absolute Gasteiger partial charge is 0.140 e. The largest absolute Gasteiger partial charge is 0.497 e. The van der Waals surface area contributed by atoms with E-state index in [0.29, 0.717) is 29.6 Å². The third kappa shape index (κ3) is 2.89. The van der Waals surface area contributed by atoms with Crippen LogP contribution in [0.15, 0.2) is 18.2 Å². The van der Waals surface area contributed by atoms with Gasteiger partial charge in [0.25, 0.3) is 0 Å². The molecule has 1 aliphatic rings. The molecule has 0 saturated carbocycles. The molecule has 1 atom stereocenters. The Morgan fingerprint density at radius 3 is 3.06 bits per heavy atom. The lowest BCUT2D eigenvalue weighted by molar-refractivity contribution is 0.258. The quantitative estimate of drug-likeness (QED) is 0.855. The molecule has 0 radical (unpaired) electrons. The predicted molar refractivity (Wildman–Crippen MR) is 64.2 cm³/mol. The molecule has 1 aromatic carbocycles. The summed E-state index contributed by atoms with van der Waals surface area (Å²) >= 11 is 0. The Balaban J connectivity index is 2.04. The van der Waals surface area contributed by atoms with E-state index in [1.807, 2.05) is 0 Å². The van der Waals surface area contributed by atoms with Gasteiger partial charge in [-0.15, -0.1) is 0 Å². The van der Waals surface area contributed by atoms with E-state index in [0.717, 1.165) is 19.5 Å². The monoisotopic (exact) mass is 232 g/mol. The second-order valence-corrected chi connectivity index (χ2v) is 4.14. The van der Waals surface area contributed by atoms with Crippen molar-refractivity contribution < 1.29 is 9.47 Å². The minimum atomic E-state index is 0.535. The SMILES string of the molecule is COc1ccc(C#N)c(OCC2CCNC2)c1. The summed E-state index contributed by atoms with van der Waals surface area (Å²) in [7, 11) is 1.60. The van der Waals surface area contributed by atoms with Gasteiger partial charge in [-0.25, -0.2) is 0 Å². The Kier molecular flexibility index (Phi) is 3.84. The van der Waals surface area contributed by atoms with E-state index in [1.54, 1.807) is 25.3 Å². The number of rotatable bonds is 4. The first kappa shape index (κ1) is 11.7. The highest BCUT2D eigenvalue weighted by molar-refractivity contribution is 5.47. The fourth-order valence-corrected chi connectivity index (χ4v) is 1.91. The highest BCUT2D eigenvalue weighted by Crippen LogP contribution is 2.25. The molecule has 1 saturated heterocycles. The molecule has 0 bridgehead atoms. The van der Waals surface area contributed by atoms with Gasteiger partial charge in [0.15, 0.2) is 0 Å². The molecule has 2 rings (SSSR count). The lowest BCUT2D eigenvalue weighted by Crippen LogP contribution is -2.15. The van der Waals surface area contributed by atoms with Crippen molar-refractivity contribution >= 4 is 0 Å². The van der Waals surface area contributed by atoms with E-state index in [-0.39, 0.29) is 0 Å². The van der Waals surface area contributed by atoms with E-state index < -0.39 is 0 Å². The molecule has 4 heteroatoms. The van der Waals surface area contributed by atoms with Gasteiger partial charge < -0.3 is 14.8 Å². The van der Waals surface area contributed by atoms with Gasteiger partial charge in [0.2, 0.25) is 0 Å².